The molecule has 0 aromatic heterocycles. The van der Waals surface area contributed by atoms with Crippen LogP contribution in [0.2, 0.25) is 0 Å². The van der Waals surface area contributed by atoms with Gasteiger partial charge in [0, 0.05) is 38.5 Å². The average Bonchev–Trinajstić information content (AvgIpc) is 3.05. The van der Waals surface area contributed by atoms with Crippen molar-refractivity contribution >= 4 is 17.7 Å². The lowest BCUT2D eigenvalue weighted by Gasteiger charge is -2.51. The summed E-state index contributed by atoms with van der Waals surface area (Å²) in [7, 11) is 5.90. The topological polar surface area (TPSA) is 73.0 Å². The van der Waals surface area contributed by atoms with Crippen LogP contribution in [0.15, 0.2) is 30.3 Å². The van der Waals surface area contributed by atoms with E-state index in [1.807, 2.05) is 0 Å². The Morgan fingerprint density at radius 1 is 1.06 bits per heavy atom. The van der Waals surface area contributed by atoms with Gasteiger partial charge in [-0.3, -0.25) is 14.5 Å². The van der Waals surface area contributed by atoms with Gasteiger partial charge in [-0.1, -0.05) is 36.8 Å². The molecule has 1 spiro atoms. The summed E-state index contributed by atoms with van der Waals surface area (Å²) in [6.07, 6.45) is 7.82. The second-order valence-electron chi connectivity index (χ2n) is 10.8. The van der Waals surface area contributed by atoms with Crippen LogP contribution in [0, 0.1) is 5.92 Å². The van der Waals surface area contributed by atoms with E-state index in [1.165, 1.54) is 24.8 Å². The Morgan fingerprint density at radius 2 is 1.74 bits per heavy atom. The summed E-state index contributed by atoms with van der Waals surface area (Å²) >= 11 is 0. The van der Waals surface area contributed by atoms with Gasteiger partial charge in [0.2, 0.25) is 5.91 Å². The molecule has 1 aromatic rings. The molecule has 1 saturated heterocycles. The number of hydrogen-bond acceptors (Lipinski definition) is 4. The van der Waals surface area contributed by atoms with Crippen LogP contribution in [0.3, 0.4) is 0 Å². The minimum atomic E-state index is -0.206. The monoisotopic (exact) mass is 468 g/mol. The highest BCUT2D eigenvalue weighted by molar-refractivity contribution is 5.89. The number of urea groups is 1. The number of hydrogen-bond donors (Lipinski definition) is 1. The van der Waals surface area contributed by atoms with Crippen LogP contribution in [-0.4, -0.2) is 78.7 Å². The van der Waals surface area contributed by atoms with Gasteiger partial charge in [-0.2, -0.15) is 0 Å². The minimum absolute atomic E-state index is 0.0113. The van der Waals surface area contributed by atoms with Gasteiger partial charge in [0.05, 0.1) is 12.1 Å². The molecule has 7 heteroatoms. The quantitative estimate of drug-likeness (QED) is 0.603. The number of benzene rings is 1. The summed E-state index contributed by atoms with van der Waals surface area (Å²) in [5, 5.41) is 2.56. The van der Waals surface area contributed by atoms with E-state index < -0.39 is 0 Å². The summed E-state index contributed by atoms with van der Waals surface area (Å²) in [5.74, 6) is 0.400. The zero-order chi connectivity index (χ0) is 24.3. The Morgan fingerprint density at radius 3 is 2.29 bits per heavy atom. The standard InChI is InChI=1S/C27H40N4O3/c1-28-24(33)13-12-23(32)19-30-20-26(31(25(30)34)18-21-8-7-9-21)14-16-27(17-15-26,29(2)3)22-10-5-4-6-11-22/h4-6,10-11,21H,7-9,12-20H2,1-3H3,(H,28,33). The van der Waals surface area contributed by atoms with Crippen molar-refractivity contribution in [3.63, 3.8) is 0 Å². The molecule has 1 aromatic carbocycles. The molecule has 4 rings (SSSR count). The van der Waals surface area contributed by atoms with Crippen molar-refractivity contribution in [1.29, 1.82) is 0 Å². The fourth-order valence-electron chi connectivity index (χ4n) is 6.18. The highest BCUT2D eigenvalue weighted by Gasteiger charge is 2.55. The highest BCUT2D eigenvalue weighted by Crippen LogP contribution is 2.49. The number of nitrogens with one attached hydrogen (secondary N) is 1. The Bertz CT molecular complexity index is 888. The first kappa shape index (κ1) is 24.7. The number of nitrogens with zero attached hydrogens (tertiary/aromatic N) is 3. The fraction of sp³-hybridized carbons (Fsp3) is 0.667. The lowest BCUT2D eigenvalue weighted by Crippen LogP contribution is -2.56. The van der Waals surface area contributed by atoms with E-state index in [2.05, 4.69) is 59.5 Å². The summed E-state index contributed by atoms with van der Waals surface area (Å²) in [6, 6.07) is 10.7. The lowest BCUT2D eigenvalue weighted by atomic mass is 9.68. The van der Waals surface area contributed by atoms with Crippen molar-refractivity contribution in [2.75, 3.05) is 40.8 Å². The molecule has 1 heterocycles. The molecular weight excluding hydrogens is 428 g/mol. The van der Waals surface area contributed by atoms with E-state index in [4.69, 9.17) is 0 Å². The van der Waals surface area contributed by atoms with E-state index >= 15 is 0 Å². The average molecular weight is 469 g/mol. The van der Waals surface area contributed by atoms with Crippen molar-refractivity contribution in [2.45, 2.75) is 68.9 Å². The molecule has 1 aliphatic heterocycles. The van der Waals surface area contributed by atoms with Crippen LogP contribution in [0.1, 0.15) is 63.4 Å². The van der Waals surface area contributed by atoms with Gasteiger partial charge < -0.3 is 15.1 Å². The summed E-state index contributed by atoms with van der Waals surface area (Å²) < 4.78 is 0. The summed E-state index contributed by atoms with van der Waals surface area (Å²) in [6.45, 7) is 1.53. The second-order valence-corrected chi connectivity index (χ2v) is 10.8. The first-order valence-corrected chi connectivity index (χ1v) is 12.8. The van der Waals surface area contributed by atoms with Crippen molar-refractivity contribution in [3.05, 3.63) is 35.9 Å². The normalized spacial score (nSPS) is 27.4. The smallest absolute Gasteiger partial charge is 0.321 e. The van der Waals surface area contributed by atoms with Crippen LogP contribution in [-0.2, 0) is 15.1 Å². The molecule has 3 fully saturated rings. The number of carbonyl (C=O) groups is 3. The molecule has 0 radical (unpaired) electrons. The van der Waals surface area contributed by atoms with Gasteiger partial charge in [0.1, 0.15) is 0 Å². The van der Waals surface area contributed by atoms with Crippen LogP contribution >= 0.6 is 0 Å². The van der Waals surface area contributed by atoms with Gasteiger partial charge in [-0.25, -0.2) is 4.79 Å². The Balaban J connectivity index is 1.51. The van der Waals surface area contributed by atoms with Gasteiger partial charge in [0.15, 0.2) is 5.78 Å². The SMILES string of the molecule is CNC(=O)CCC(=O)CN1CC2(CCC(c3ccccc3)(N(C)C)CC2)N(CC2CCC2)C1=O. The molecular formula is C27H40N4O3. The van der Waals surface area contributed by atoms with Crippen LogP contribution in [0.5, 0.6) is 0 Å². The maximum Gasteiger partial charge on any atom is 0.321 e. The van der Waals surface area contributed by atoms with Crippen LogP contribution in [0.4, 0.5) is 4.79 Å². The predicted molar refractivity (Wildman–Crippen MR) is 132 cm³/mol. The van der Waals surface area contributed by atoms with Crippen molar-refractivity contribution in [2.24, 2.45) is 5.92 Å². The lowest BCUT2D eigenvalue weighted by molar-refractivity contribution is -0.125. The molecule has 7 nitrogen and oxygen atoms in total. The number of rotatable bonds is 9. The van der Waals surface area contributed by atoms with E-state index in [1.54, 1.807) is 11.9 Å². The van der Waals surface area contributed by atoms with Gasteiger partial charge in [-0.15, -0.1) is 0 Å². The third-order valence-electron chi connectivity index (χ3n) is 8.68. The Kier molecular flexibility index (Phi) is 7.31. The fourth-order valence-corrected chi connectivity index (χ4v) is 6.18. The second kappa shape index (κ2) is 10.1. The van der Waals surface area contributed by atoms with Gasteiger partial charge in [-0.05, 0) is 64.1 Å². The van der Waals surface area contributed by atoms with E-state index in [0.29, 0.717) is 12.5 Å². The molecule has 2 saturated carbocycles. The maximum atomic E-state index is 13.6. The molecule has 3 amide bonds. The van der Waals surface area contributed by atoms with Crippen LogP contribution < -0.4 is 5.32 Å². The summed E-state index contributed by atoms with van der Waals surface area (Å²) in [5.41, 5.74) is 1.10. The molecule has 186 valence electrons. The van der Waals surface area contributed by atoms with Crippen molar-refractivity contribution in [1.82, 2.24) is 20.0 Å². The predicted octanol–water partition coefficient (Wildman–Crippen LogP) is 3.39. The van der Waals surface area contributed by atoms with E-state index in [-0.39, 0.29) is 48.2 Å². The van der Waals surface area contributed by atoms with E-state index in [9.17, 15) is 14.4 Å². The molecule has 0 unspecified atom stereocenters. The third-order valence-corrected chi connectivity index (χ3v) is 8.68. The Labute approximate surface area is 203 Å². The van der Waals surface area contributed by atoms with Gasteiger partial charge >= 0.3 is 6.03 Å². The molecule has 0 bridgehead atoms. The zero-order valence-electron chi connectivity index (χ0n) is 21.0. The van der Waals surface area contributed by atoms with Crippen molar-refractivity contribution < 1.29 is 14.4 Å². The molecule has 1 N–H and O–H groups in total. The zero-order valence-corrected chi connectivity index (χ0v) is 21.0. The number of carbonyl (C=O) groups excluding carboxylic acids is 3. The molecule has 0 atom stereocenters. The molecule has 3 aliphatic rings. The highest BCUT2D eigenvalue weighted by atomic mass is 16.2. The first-order chi connectivity index (χ1) is 16.3. The van der Waals surface area contributed by atoms with Crippen molar-refractivity contribution in [3.8, 4) is 0 Å². The maximum absolute atomic E-state index is 13.6. The minimum Gasteiger partial charge on any atom is -0.359 e. The Hall–Kier alpha value is -2.41. The number of amides is 3. The molecule has 34 heavy (non-hydrogen) atoms. The van der Waals surface area contributed by atoms with Gasteiger partial charge in [0.25, 0.3) is 0 Å². The number of ketones is 1. The number of Topliss-reactive ketones (excluding diaryl/α,β-unsaturated/α-hetero) is 1. The largest absolute Gasteiger partial charge is 0.359 e. The van der Waals surface area contributed by atoms with Crippen LogP contribution in [0.25, 0.3) is 0 Å². The third kappa shape index (κ3) is 4.72. The van der Waals surface area contributed by atoms with E-state index in [0.717, 1.165) is 32.2 Å². The molecule has 2 aliphatic carbocycles. The first-order valence-electron chi connectivity index (χ1n) is 12.8. The summed E-state index contributed by atoms with van der Waals surface area (Å²) in [4.78, 5) is 44.0.